The Morgan fingerprint density at radius 1 is 1.42 bits per heavy atom. The second-order valence-electron chi connectivity index (χ2n) is 2.35. The van der Waals surface area contributed by atoms with Crippen molar-refractivity contribution in [1.29, 1.82) is 0 Å². The van der Waals surface area contributed by atoms with Crippen molar-refractivity contribution in [3.8, 4) is 0 Å². The van der Waals surface area contributed by atoms with Crippen LogP contribution in [0.5, 0.6) is 0 Å². The number of carboxylic acids is 1. The van der Waals surface area contributed by atoms with Crippen LogP contribution in [-0.2, 0) is 9.59 Å². The maximum Gasteiger partial charge on any atom is 0.317 e. The highest BCUT2D eigenvalue weighted by Gasteiger charge is 1.97. The minimum absolute atomic E-state index is 0.0212. The van der Waals surface area contributed by atoms with E-state index in [2.05, 4.69) is 10.6 Å². The van der Waals surface area contributed by atoms with E-state index in [0.717, 1.165) is 0 Å². The van der Waals surface area contributed by atoms with E-state index in [4.69, 9.17) is 5.11 Å². The van der Waals surface area contributed by atoms with Gasteiger partial charge in [-0.05, 0) is 13.0 Å². The number of aliphatic carboxylic acids is 1. The normalized spacial score (nSPS) is 9.42. The molecule has 0 aliphatic rings. The molecule has 0 aliphatic carbocycles. The summed E-state index contributed by atoms with van der Waals surface area (Å²) in [5, 5.41) is 13.4. The van der Waals surface area contributed by atoms with Crippen LogP contribution in [-0.4, -0.2) is 37.1 Å². The average Bonchev–Trinajstić information content (AvgIpc) is 2.03. The summed E-state index contributed by atoms with van der Waals surface area (Å²) in [5.74, 6) is -0.901. The van der Waals surface area contributed by atoms with Crippen LogP contribution < -0.4 is 10.6 Å². The van der Waals surface area contributed by atoms with Crippen LogP contribution >= 0.6 is 0 Å². The summed E-state index contributed by atoms with van der Waals surface area (Å²) in [7, 11) is 1.58. The molecule has 0 unspecified atom stereocenters. The molecule has 0 rings (SSSR count). The summed E-state index contributed by atoms with van der Waals surface area (Å²) in [5.41, 5.74) is 0. The molecule has 5 heteroatoms. The van der Waals surface area contributed by atoms with Crippen LogP contribution in [0.15, 0.2) is 0 Å². The van der Waals surface area contributed by atoms with Crippen molar-refractivity contribution in [2.75, 3.05) is 20.1 Å². The van der Waals surface area contributed by atoms with Crippen LogP contribution in [0.1, 0.15) is 12.8 Å². The Hall–Kier alpha value is -1.10. The van der Waals surface area contributed by atoms with Crippen LogP contribution in [0.4, 0.5) is 0 Å². The molecular formula is C7H14N2O3. The van der Waals surface area contributed by atoms with Crippen molar-refractivity contribution in [2.45, 2.75) is 12.8 Å². The first kappa shape index (κ1) is 10.9. The lowest BCUT2D eigenvalue weighted by Crippen LogP contribution is -2.25. The van der Waals surface area contributed by atoms with E-state index in [0.29, 0.717) is 19.4 Å². The first-order valence-electron chi connectivity index (χ1n) is 3.80. The molecule has 3 N–H and O–H groups in total. The van der Waals surface area contributed by atoms with E-state index >= 15 is 0 Å². The van der Waals surface area contributed by atoms with Crippen molar-refractivity contribution in [3.63, 3.8) is 0 Å². The first-order valence-corrected chi connectivity index (χ1v) is 3.80. The minimum atomic E-state index is -0.880. The maximum atomic E-state index is 10.7. The van der Waals surface area contributed by atoms with Crippen molar-refractivity contribution in [2.24, 2.45) is 0 Å². The standard InChI is InChI=1S/C7H14N2O3/c1-8-6(10)3-2-4-9-5-7(11)12/h9H,2-5H2,1H3,(H,8,10)(H,11,12). The Labute approximate surface area is 71.1 Å². The quantitative estimate of drug-likeness (QED) is 0.460. The highest BCUT2D eigenvalue weighted by Crippen LogP contribution is 1.85. The lowest BCUT2D eigenvalue weighted by Gasteiger charge is -2.00. The molecule has 0 atom stereocenters. The Kier molecular flexibility index (Phi) is 6.00. The SMILES string of the molecule is CNC(=O)CCCNCC(=O)O. The van der Waals surface area contributed by atoms with Gasteiger partial charge in [0.05, 0.1) is 6.54 Å². The van der Waals surface area contributed by atoms with Gasteiger partial charge >= 0.3 is 5.97 Å². The van der Waals surface area contributed by atoms with Gasteiger partial charge in [0.15, 0.2) is 0 Å². The summed E-state index contributed by atoms with van der Waals surface area (Å²) in [6.45, 7) is 0.507. The predicted molar refractivity (Wildman–Crippen MR) is 43.8 cm³/mol. The second-order valence-corrected chi connectivity index (χ2v) is 2.35. The van der Waals surface area contributed by atoms with Crippen molar-refractivity contribution >= 4 is 11.9 Å². The molecule has 0 radical (unpaired) electrons. The fourth-order valence-electron chi connectivity index (χ4n) is 0.694. The van der Waals surface area contributed by atoms with Crippen LogP contribution in [0.2, 0.25) is 0 Å². The zero-order valence-electron chi connectivity index (χ0n) is 7.09. The van der Waals surface area contributed by atoms with Crippen molar-refractivity contribution in [3.05, 3.63) is 0 Å². The number of carboxylic acid groups (broad SMARTS) is 1. The number of carbonyl (C=O) groups excluding carboxylic acids is 1. The molecule has 0 bridgehead atoms. The molecule has 0 fully saturated rings. The molecule has 0 spiro atoms. The summed E-state index contributed by atoms with van der Waals surface area (Å²) in [6, 6.07) is 0. The Morgan fingerprint density at radius 3 is 2.58 bits per heavy atom. The van der Waals surface area contributed by atoms with Gasteiger partial charge in [-0.25, -0.2) is 0 Å². The first-order chi connectivity index (χ1) is 5.66. The molecule has 0 aromatic rings. The number of nitrogens with one attached hydrogen (secondary N) is 2. The zero-order valence-corrected chi connectivity index (χ0v) is 7.09. The minimum Gasteiger partial charge on any atom is -0.480 e. The monoisotopic (exact) mass is 174 g/mol. The molecule has 0 saturated heterocycles. The van der Waals surface area contributed by atoms with Crippen LogP contribution in [0.25, 0.3) is 0 Å². The van der Waals surface area contributed by atoms with E-state index in [9.17, 15) is 9.59 Å². The molecule has 0 heterocycles. The third kappa shape index (κ3) is 7.01. The Morgan fingerprint density at radius 2 is 2.08 bits per heavy atom. The van der Waals surface area contributed by atoms with Gasteiger partial charge in [0.2, 0.25) is 5.91 Å². The number of carbonyl (C=O) groups is 2. The Balaban J connectivity index is 3.11. The van der Waals surface area contributed by atoms with Crippen molar-refractivity contribution < 1.29 is 14.7 Å². The van der Waals surface area contributed by atoms with Gasteiger partial charge < -0.3 is 15.7 Å². The summed E-state index contributed by atoms with van der Waals surface area (Å²) in [6.07, 6.45) is 1.09. The Bertz CT molecular complexity index is 159. The predicted octanol–water partition coefficient (Wildman–Crippen LogP) is -0.813. The van der Waals surface area contributed by atoms with Crippen molar-refractivity contribution in [1.82, 2.24) is 10.6 Å². The summed E-state index contributed by atoms with van der Waals surface area (Å²) in [4.78, 5) is 20.7. The van der Waals surface area contributed by atoms with Gasteiger partial charge in [0, 0.05) is 13.5 Å². The lowest BCUT2D eigenvalue weighted by atomic mass is 10.3. The van der Waals surface area contributed by atoms with E-state index < -0.39 is 5.97 Å². The molecule has 70 valence electrons. The summed E-state index contributed by atoms with van der Waals surface area (Å²) >= 11 is 0. The number of hydrogen-bond donors (Lipinski definition) is 3. The van der Waals surface area contributed by atoms with Gasteiger partial charge in [-0.2, -0.15) is 0 Å². The van der Waals surface area contributed by atoms with Crippen LogP contribution in [0, 0.1) is 0 Å². The molecule has 0 aromatic heterocycles. The van der Waals surface area contributed by atoms with Crippen LogP contribution in [0.3, 0.4) is 0 Å². The van der Waals surface area contributed by atoms with Gasteiger partial charge in [-0.15, -0.1) is 0 Å². The molecular weight excluding hydrogens is 160 g/mol. The van der Waals surface area contributed by atoms with Gasteiger partial charge in [0.25, 0.3) is 0 Å². The van der Waals surface area contributed by atoms with E-state index in [1.807, 2.05) is 0 Å². The molecule has 0 saturated carbocycles. The molecule has 1 amide bonds. The average molecular weight is 174 g/mol. The largest absolute Gasteiger partial charge is 0.480 e. The van der Waals surface area contributed by atoms with E-state index in [1.165, 1.54) is 0 Å². The van der Waals surface area contributed by atoms with Gasteiger partial charge in [-0.3, -0.25) is 9.59 Å². The van der Waals surface area contributed by atoms with Gasteiger partial charge in [0.1, 0.15) is 0 Å². The van der Waals surface area contributed by atoms with E-state index in [-0.39, 0.29) is 12.5 Å². The fraction of sp³-hybridized carbons (Fsp3) is 0.714. The maximum absolute atomic E-state index is 10.7. The number of rotatable bonds is 6. The zero-order chi connectivity index (χ0) is 9.40. The third-order valence-electron chi connectivity index (χ3n) is 1.31. The number of amides is 1. The smallest absolute Gasteiger partial charge is 0.317 e. The summed E-state index contributed by atoms with van der Waals surface area (Å²) < 4.78 is 0. The second kappa shape index (κ2) is 6.60. The van der Waals surface area contributed by atoms with Gasteiger partial charge in [-0.1, -0.05) is 0 Å². The molecule has 12 heavy (non-hydrogen) atoms. The highest BCUT2D eigenvalue weighted by atomic mass is 16.4. The number of hydrogen-bond acceptors (Lipinski definition) is 3. The third-order valence-corrected chi connectivity index (χ3v) is 1.31. The molecule has 0 aromatic carbocycles. The molecule has 0 aliphatic heterocycles. The van der Waals surface area contributed by atoms with E-state index in [1.54, 1.807) is 7.05 Å². The molecule has 5 nitrogen and oxygen atoms in total. The fourth-order valence-corrected chi connectivity index (χ4v) is 0.694. The highest BCUT2D eigenvalue weighted by molar-refractivity contribution is 5.75. The lowest BCUT2D eigenvalue weighted by molar-refractivity contribution is -0.135. The topological polar surface area (TPSA) is 78.4 Å².